The maximum absolute atomic E-state index is 12.7. The first kappa shape index (κ1) is 25.0. The second-order valence-corrected chi connectivity index (χ2v) is 10.1. The smallest absolute Gasteiger partial charge is 0.357 e. The van der Waals surface area contributed by atoms with Crippen LogP contribution in [0.5, 0.6) is 0 Å². The van der Waals surface area contributed by atoms with Gasteiger partial charge in [-0.2, -0.15) is 0 Å². The van der Waals surface area contributed by atoms with E-state index >= 15 is 0 Å². The summed E-state index contributed by atoms with van der Waals surface area (Å²) < 4.78 is 32.3. The zero-order valence-corrected chi connectivity index (χ0v) is 20.7. The number of aromatic nitrogens is 3. The molecule has 1 unspecified atom stereocenters. The first-order chi connectivity index (χ1) is 17.1. The molecule has 11 heteroatoms. The van der Waals surface area contributed by atoms with Gasteiger partial charge in [0.25, 0.3) is 5.91 Å². The quantitative estimate of drug-likeness (QED) is 0.310. The topological polar surface area (TPSA) is 143 Å². The molecule has 186 valence electrons. The molecule has 0 saturated carbocycles. The van der Waals surface area contributed by atoms with Crippen LogP contribution in [0.4, 0.5) is 5.69 Å². The van der Waals surface area contributed by atoms with Crippen LogP contribution in [-0.4, -0.2) is 47.4 Å². The molecular weight excluding hydrogens is 482 g/mol. The number of hydrogen-bond acceptors (Lipinski definition) is 7. The highest BCUT2D eigenvalue weighted by molar-refractivity contribution is 7.89. The number of nitrogens with one attached hydrogen (secondary N) is 3. The van der Waals surface area contributed by atoms with Gasteiger partial charge in [0, 0.05) is 41.3 Å². The lowest BCUT2D eigenvalue weighted by Gasteiger charge is -2.14. The van der Waals surface area contributed by atoms with Crippen molar-refractivity contribution in [1.29, 1.82) is 0 Å². The van der Waals surface area contributed by atoms with E-state index in [2.05, 4.69) is 25.0 Å². The van der Waals surface area contributed by atoms with Crippen LogP contribution in [0.3, 0.4) is 0 Å². The Labute approximate surface area is 208 Å². The van der Waals surface area contributed by atoms with Gasteiger partial charge >= 0.3 is 5.97 Å². The van der Waals surface area contributed by atoms with E-state index in [9.17, 15) is 18.0 Å². The zero-order chi connectivity index (χ0) is 25.9. The van der Waals surface area contributed by atoms with Crippen molar-refractivity contribution >= 4 is 38.6 Å². The van der Waals surface area contributed by atoms with E-state index in [1.165, 1.54) is 37.4 Å². The van der Waals surface area contributed by atoms with Gasteiger partial charge in [0.2, 0.25) is 10.0 Å². The van der Waals surface area contributed by atoms with Crippen LogP contribution >= 0.6 is 0 Å². The van der Waals surface area contributed by atoms with Gasteiger partial charge in [-0.3, -0.25) is 4.79 Å². The van der Waals surface area contributed by atoms with Crippen molar-refractivity contribution in [3.8, 4) is 11.1 Å². The number of carbonyl (C=O) groups is 2. The van der Waals surface area contributed by atoms with Crippen LogP contribution in [0.1, 0.15) is 31.3 Å². The maximum atomic E-state index is 12.7. The Balaban J connectivity index is 1.40. The first-order valence-corrected chi connectivity index (χ1v) is 12.6. The number of ether oxygens (including phenoxy) is 1. The fourth-order valence-electron chi connectivity index (χ4n) is 3.43. The number of nitrogens with zero attached hydrogens (tertiary/aromatic N) is 2. The second kappa shape index (κ2) is 10.3. The van der Waals surface area contributed by atoms with E-state index in [0.717, 1.165) is 22.2 Å². The summed E-state index contributed by atoms with van der Waals surface area (Å²) in [6.45, 7) is 4.88. The summed E-state index contributed by atoms with van der Waals surface area (Å²) in [4.78, 5) is 36.7. The molecule has 0 saturated heterocycles. The number of sulfonamides is 1. The second-order valence-electron chi connectivity index (χ2n) is 8.41. The average Bonchev–Trinajstić information content (AvgIpc) is 3.31. The van der Waals surface area contributed by atoms with Crippen LogP contribution in [0.15, 0.2) is 72.0 Å². The third-order valence-electron chi connectivity index (χ3n) is 5.18. The third-order valence-corrected chi connectivity index (χ3v) is 6.85. The minimum Gasteiger partial charge on any atom is -0.448 e. The van der Waals surface area contributed by atoms with Crippen molar-refractivity contribution in [1.82, 2.24) is 19.7 Å². The summed E-state index contributed by atoms with van der Waals surface area (Å²) in [5.74, 6) is -1.33. The number of aromatic amines is 1. The normalized spacial score (nSPS) is 12.4. The van der Waals surface area contributed by atoms with Gasteiger partial charge in [-0.15, -0.1) is 0 Å². The molecule has 0 radical (unpaired) electrons. The molecule has 0 spiro atoms. The van der Waals surface area contributed by atoms with Gasteiger partial charge in [0.15, 0.2) is 6.10 Å². The van der Waals surface area contributed by atoms with Gasteiger partial charge in [0.1, 0.15) is 11.3 Å². The molecule has 3 aromatic heterocycles. The number of benzene rings is 1. The fraction of sp³-hybridized carbons (Fsp3) is 0.200. The van der Waals surface area contributed by atoms with Crippen LogP contribution in [0, 0.1) is 0 Å². The lowest BCUT2D eigenvalue weighted by molar-refractivity contribution is -0.123. The van der Waals surface area contributed by atoms with E-state index < -0.39 is 28.0 Å². The molecule has 10 nitrogen and oxygen atoms in total. The highest BCUT2D eigenvalue weighted by Gasteiger charge is 2.21. The Hall–Kier alpha value is -4.09. The lowest BCUT2D eigenvalue weighted by Crippen LogP contribution is -2.31. The molecule has 0 aliphatic rings. The van der Waals surface area contributed by atoms with E-state index in [0.29, 0.717) is 5.69 Å². The number of fused-ring (bicyclic) bond motifs is 1. The standard InChI is InChI=1S/C25H25N5O5S/c1-15(2)30-36(33,34)21-6-4-20(5-7-21)29-24(31)16(3)35-25(32)22-13-17(8-10-26-22)19-12-18-9-11-27-23(18)28-14-19/h4-16,30H,1-3H3,(H,27,28)(H,29,31). The minimum atomic E-state index is -3.64. The average molecular weight is 508 g/mol. The van der Waals surface area contributed by atoms with Gasteiger partial charge in [-0.25, -0.2) is 27.9 Å². The summed E-state index contributed by atoms with van der Waals surface area (Å²) >= 11 is 0. The molecule has 1 amide bonds. The third kappa shape index (κ3) is 5.75. The Morgan fingerprint density at radius 1 is 0.972 bits per heavy atom. The number of carbonyl (C=O) groups excluding carboxylic acids is 2. The molecule has 4 rings (SSSR count). The molecule has 1 aromatic carbocycles. The number of amides is 1. The lowest BCUT2D eigenvalue weighted by atomic mass is 10.1. The first-order valence-electron chi connectivity index (χ1n) is 11.2. The van der Waals surface area contributed by atoms with Crippen molar-refractivity contribution < 1.29 is 22.7 Å². The highest BCUT2D eigenvalue weighted by Crippen LogP contribution is 2.23. The molecule has 3 N–H and O–H groups in total. The highest BCUT2D eigenvalue weighted by atomic mass is 32.2. The molecule has 4 aromatic rings. The molecular formula is C25H25N5O5S. The minimum absolute atomic E-state index is 0.0496. The number of H-pyrrole nitrogens is 1. The SMILES string of the molecule is CC(C)NS(=O)(=O)c1ccc(NC(=O)C(C)OC(=O)c2cc(-c3cnc4[nH]ccc4c3)ccn2)cc1. The molecule has 0 fully saturated rings. The number of rotatable bonds is 8. The Bertz CT molecular complexity index is 1510. The predicted molar refractivity (Wildman–Crippen MR) is 135 cm³/mol. The van der Waals surface area contributed by atoms with Crippen molar-refractivity contribution in [3.05, 3.63) is 72.8 Å². The van der Waals surface area contributed by atoms with Crippen molar-refractivity contribution in [2.75, 3.05) is 5.32 Å². The fourth-order valence-corrected chi connectivity index (χ4v) is 4.68. The van der Waals surface area contributed by atoms with E-state index in [1.807, 2.05) is 12.1 Å². The van der Waals surface area contributed by atoms with Crippen LogP contribution in [-0.2, 0) is 19.6 Å². The molecule has 1 atom stereocenters. The largest absolute Gasteiger partial charge is 0.448 e. The van der Waals surface area contributed by atoms with Gasteiger partial charge in [-0.1, -0.05) is 0 Å². The Morgan fingerprint density at radius 2 is 1.72 bits per heavy atom. The molecule has 0 bridgehead atoms. The predicted octanol–water partition coefficient (Wildman–Crippen LogP) is 3.50. The van der Waals surface area contributed by atoms with Gasteiger partial charge in [-0.05, 0) is 74.9 Å². The van der Waals surface area contributed by atoms with E-state index in [-0.39, 0.29) is 16.6 Å². The molecule has 0 aliphatic carbocycles. The monoisotopic (exact) mass is 507 g/mol. The summed E-state index contributed by atoms with van der Waals surface area (Å²) in [7, 11) is -3.64. The van der Waals surface area contributed by atoms with Crippen molar-refractivity contribution in [3.63, 3.8) is 0 Å². The Kier molecular flexibility index (Phi) is 7.13. The van der Waals surface area contributed by atoms with Gasteiger partial charge < -0.3 is 15.0 Å². The van der Waals surface area contributed by atoms with E-state index in [1.54, 1.807) is 38.4 Å². The van der Waals surface area contributed by atoms with Gasteiger partial charge in [0.05, 0.1) is 4.90 Å². The molecule has 0 aliphatic heterocycles. The van der Waals surface area contributed by atoms with Crippen molar-refractivity contribution in [2.24, 2.45) is 0 Å². The maximum Gasteiger partial charge on any atom is 0.357 e. The van der Waals surface area contributed by atoms with Crippen LogP contribution < -0.4 is 10.0 Å². The van der Waals surface area contributed by atoms with Crippen LogP contribution in [0.2, 0.25) is 0 Å². The number of pyridine rings is 2. The Morgan fingerprint density at radius 3 is 2.44 bits per heavy atom. The van der Waals surface area contributed by atoms with Crippen LogP contribution in [0.25, 0.3) is 22.2 Å². The number of esters is 1. The number of hydrogen-bond donors (Lipinski definition) is 3. The summed E-state index contributed by atoms with van der Waals surface area (Å²) in [5.41, 5.74) is 2.70. The zero-order valence-electron chi connectivity index (χ0n) is 19.8. The summed E-state index contributed by atoms with van der Waals surface area (Å²) in [5, 5.41) is 3.54. The summed E-state index contributed by atoms with van der Waals surface area (Å²) in [6, 6.07) is 12.6. The molecule has 3 heterocycles. The van der Waals surface area contributed by atoms with Crippen molar-refractivity contribution in [2.45, 2.75) is 37.8 Å². The number of anilines is 1. The summed E-state index contributed by atoms with van der Waals surface area (Å²) in [6.07, 6.45) is 3.85. The molecule has 36 heavy (non-hydrogen) atoms. The van der Waals surface area contributed by atoms with E-state index in [4.69, 9.17) is 4.74 Å².